The first-order valence-corrected chi connectivity index (χ1v) is 9.36. The second kappa shape index (κ2) is 7.46. The topological polar surface area (TPSA) is 15.3 Å². The molecule has 2 aliphatic rings. The quantitative estimate of drug-likeness (QED) is 0.824. The third kappa shape index (κ3) is 5.90. The van der Waals surface area contributed by atoms with Crippen molar-refractivity contribution in [3.8, 4) is 0 Å². The molecule has 0 atom stereocenters. The Labute approximate surface area is 133 Å². The van der Waals surface area contributed by atoms with Gasteiger partial charge in [0.25, 0.3) is 0 Å². The molecule has 1 saturated carbocycles. The highest BCUT2D eigenvalue weighted by Crippen LogP contribution is 2.39. The van der Waals surface area contributed by atoms with E-state index < -0.39 is 0 Å². The van der Waals surface area contributed by atoms with E-state index in [1.165, 1.54) is 77.5 Å². The monoisotopic (exact) mass is 294 g/mol. The minimum Gasteiger partial charge on any atom is -0.311 e. The first-order valence-electron chi connectivity index (χ1n) is 9.36. The molecule has 0 bridgehead atoms. The second-order valence-corrected chi connectivity index (χ2v) is 8.98. The molecule has 1 N–H and O–H groups in total. The Bertz CT molecular complexity index is 289. The lowest BCUT2D eigenvalue weighted by Crippen LogP contribution is -2.50. The first kappa shape index (κ1) is 17.3. The van der Waals surface area contributed by atoms with Crippen molar-refractivity contribution in [1.29, 1.82) is 0 Å². The van der Waals surface area contributed by atoms with Crippen LogP contribution in [0.4, 0.5) is 0 Å². The number of hydrogen-bond acceptors (Lipinski definition) is 2. The minimum atomic E-state index is 0.245. The number of nitrogens with one attached hydrogen (secondary N) is 1. The number of hydrogen-bond donors (Lipinski definition) is 1. The molecular weight excluding hydrogens is 256 g/mol. The molecule has 1 saturated heterocycles. The molecule has 0 amide bonds. The average Bonchev–Trinajstić information content (AvgIpc) is 2.68. The first-order chi connectivity index (χ1) is 9.89. The molecule has 2 nitrogen and oxygen atoms in total. The molecule has 0 unspecified atom stereocenters. The molecule has 1 aliphatic carbocycles. The molecule has 124 valence electrons. The van der Waals surface area contributed by atoms with E-state index in [1.807, 2.05) is 0 Å². The van der Waals surface area contributed by atoms with Gasteiger partial charge in [0.15, 0.2) is 0 Å². The van der Waals surface area contributed by atoms with E-state index in [-0.39, 0.29) is 5.54 Å². The SMILES string of the molecule is CC1CCC(CNC(C)(C)C)(CN2CCCCCC2)CC1. The van der Waals surface area contributed by atoms with E-state index in [4.69, 9.17) is 0 Å². The van der Waals surface area contributed by atoms with Crippen LogP contribution in [0.15, 0.2) is 0 Å². The molecule has 21 heavy (non-hydrogen) atoms. The van der Waals surface area contributed by atoms with Gasteiger partial charge in [0, 0.05) is 18.6 Å². The molecular formula is C19H38N2. The van der Waals surface area contributed by atoms with Crippen molar-refractivity contribution in [2.75, 3.05) is 26.2 Å². The third-order valence-corrected chi connectivity index (χ3v) is 5.59. The van der Waals surface area contributed by atoms with Crippen LogP contribution in [0.3, 0.4) is 0 Å². The van der Waals surface area contributed by atoms with E-state index in [0.717, 1.165) is 5.92 Å². The van der Waals surface area contributed by atoms with Gasteiger partial charge >= 0.3 is 0 Å². The van der Waals surface area contributed by atoms with Crippen LogP contribution in [0.2, 0.25) is 0 Å². The fraction of sp³-hybridized carbons (Fsp3) is 1.00. The Morgan fingerprint density at radius 3 is 2.10 bits per heavy atom. The molecule has 2 heteroatoms. The predicted octanol–water partition coefficient (Wildman–Crippen LogP) is 4.45. The Kier molecular flexibility index (Phi) is 6.14. The molecule has 0 spiro atoms. The van der Waals surface area contributed by atoms with Crippen molar-refractivity contribution in [3.05, 3.63) is 0 Å². The third-order valence-electron chi connectivity index (χ3n) is 5.59. The van der Waals surface area contributed by atoms with E-state index in [2.05, 4.69) is 37.9 Å². The summed E-state index contributed by atoms with van der Waals surface area (Å²) in [6, 6.07) is 0. The fourth-order valence-electron chi connectivity index (χ4n) is 3.99. The maximum absolute atomic E-state index is 3.83. The van der Waals surface area contributed by atoms with Gasteiger partial charge in [-0.05, 0) is 70.9 Å². The molecule has 2 rings (SSSR count). The van der Waals surface area contributed by atoms with Crippen molar-refractivity contribution in [3.63, 3.8) is 0 Å². The highest BCUT2D eigenvalue weighted by atomic mass is 15.1. The summed E-state index contributed by atoms with van der Waals surface area (Å²) in [5, 5.41) is 3.83. The molecule has 1 aliphatic heterocycles. The maximum atomic E-state index is 3.83. The summed E-state index contributed by atoms with van der Waals surface area (Å²) in [6.45, 7) is 14.6. The summed E-state index contributed by atoms with van der Waals surface area (Å²) in [7, 11) is 0. The van der Waals surface area contributed by atoms with Gasteiger partial charge in [0.2, 0.25) is 0 Å². The summed E-state index contributed by atoms with van der Waals surface area (Å²) in [5.74, 6) is 0.942. The summed E-state index contributed by atoms with van der Waals surface area (Å²) in [6.07, 6.45) is 11.4. The number of rotatable bonds is 4. The molecule has 0 aromatic carbocycles. The van der Waals surface area contributed by atoms with Gasteiger partial charge in [0.1, 0.15) is 0 Å². The lowest BCUT2D eigenvalue weighted by Gasteiger charge is -2.44. The fourth-order valence-corrected chi connectivity index (χ4v) is 3.99. The Hall–Kier alpha value is -0.0800. The Balaban J connectivity index is 1.97. The van der Waals surface area contributed by atoms with Crippen LogP contribution in [0.5, 0.6) is 0 Å². The summed E-state index contributed by atoms with van der Waals surface area (Å²) in [5.41, 5.74) is 0.777. The van der Waals surface area contributed by atoms with Crippen LogP contribution in [0.1, 0.15) is 79.1 Å². The highest BCUT2D eigenvalue weighted by Gasteiger charge is 2.36. The molecule has 0 aromatic rings. The van der Waals surface area contributed by atoms with Crippen molar-refractivity contribution < 1.29 is 0 Å². The predicted molar refractivity (Wildman–Crippen MR) is 92.7 cm³/mol. The Morgan fingerprint density at radius 1 is 1.00 bits per heavy atom. The molecule has 0 radical (unpaired) electrons. The van der Waals surface area contributed by atoms with Crippen molar-refractivity contribution in [1.82, 2.24) is 10.2 Å². The number of nitrogens with zero attached hydrogens (tertiary/aromatic N) is 1. The lowest BCUT2D eigenvalue weighted by molar-refractivity contribution is 0.0813. The normalized spacial score (nSPS) is 32.9. The minimum absolute atomic E-state index is 0.245. The Morgan fingerprint density at radius 2 is 1.57 bits per heavy atom. The molecule has 0 aromatic heterocycles. The van der Waals surface area contributed by atoms with E-state index in [1.54, 1.807) is 0 Å². The smallest absolute Gasteiger partial charge is 0.00967 e. The van der Waals surface area contributed by atoms with Crippen LogP contribution in [0, 0.1) is 11.3 Å². The zero-order valence-electron chi connectivity index (χ0n) is 15.0. The average molecular weight is 295 g/mol. The van der Waals surface area contributed by atoms with Gasteiger partial charge < -0.3 is 10.2 Å². The van der Waals surface area contributed by atoms with Gasteiger partial charge in [-0.1, -0.05) is 32.6 Å². The molecule has 2 fully saturated rings. The van der Waals surface area contributed by atoms with Crippen LogP contribution in [-0.2, 0) is 0 Å². The van der Waals surface area contributed by atoms with Crippen molar-refractivity contribution in [2.24, 2.45) is 11.3 Å². The van der Waals surface area contributed by atoms with Crippen LogP contribution in [0.25, 0.3) is 0 Å². The van der Waals surface area contributed by atoms with E-state index in [9.17, 15) is 0 Å². The summed E-state index contributed by atoms with van der Waals surface area (Å²) >= 11 is 0. The van der Waals surface area contributed by atoms with Crippen molar-refractivity contribution >= 4 is 0 Å². The van der Waals surface area contributed by atoms with E-state index >= 15 is 0 Å². The van der Waals surface area contributed by atoms with Gasteiger partial charge in [-0.3, -0.25) is 0 Å². The highest BCUT2D eigenvalue weighted by molar-refractivity contribution is 4.91. The van der Waals surface area contributed by atoms with E-state index in [0.29, 0.717) is 5.41 Å². The van der Waals surface area contributed by atoms with Crippen LogP contribution < -0.4 is 5.32 Å². The molecule has 1 heterocycles. The largest absolute Gasteiger partial charge is 0.311 e. The van der Waals surface area contributed by atoms with Gasteiger partial charge in [-0.2, -0.15) is 0 Å². The van der Waals surface area contributed by atoms with Crippen LogP contribution >= 0.6 is 0 Å². The summed E-state index contributed by atoms with van der Waals surface area (Å²) < 4.78 is 0. The van der Waals surface area contributed by atoms with Gasteiger partial charge in [-0.25, -0.2) is 0 Å². The number of likely N-dealkylation sites (tertiary alicyclic amines) is 1. The van der Waals surface area contributed by atoms with Crippen LogP contribution in [-0.4, -0.2) is 36.6 Å². The van der Waals surface area contributed by atoms with Crippen molar-refractivity contribution in [2.45, 2.75) is 84.6 Å². The van der Waals surface area contributed by atoms with Gasteiger partial charge in [0.05, 0.1) is 0 Å². The zero-order valence-corrected chi connectivity index (χ0v) is 15.0. The van der Waals surface area contributed by atoms with Gasteiger partial charge in [-0.15, -0.1) is 0 Å². The maximum Gasteiger partial charge on any atom is 0.00967 e. The second-order valence-electron chi connectivity index (χ2n) is 8.98. The standard InChI is InChI=1S/C19H38N2/c1-17-9-11-19(12-10-17,15-20-18(2,3)4)16-21-13-7-5-6-8-14-21/h17,20H,5-16H2,1-4H3. The zero-order chi connectivity index (χ0) is 15.3. The summed E-state index contributed by atoms with van der Waals surface area (Å²) in [4.78, 5) is 2.79. The lowest BCUT2D eigenvalue weighted by atomic mass is 9.70.